The number of benzene rings is 1. The molecule has 4 nitrogen and oxygen atoms in total. The second-order valence-corrected chi connectivity index (χ2v) is 6.46. The summed E-state index contributed by atoms with van der Waals surface area (Å²) in [5, 5.41) is 15.3. The Labute approximate surface area is 136 Å². The zero-order chi connectivity index (χ0) is 15.5. The molecular formula is C17H22ClN3O. The number of aliphatic hydroxyl groups is 1. The largest absolute Gasteiger partial charge is 0.387 e. The number of piperidine rings is 1. The van der Waals surface area contributed by atoms with E-state index in [1.807, 2.05) is 42.2 Å². The molecule has 118 valence electrons. The second kappa shape index (κ2) is 6.82. The van der Waals surface area contributed by atoms with Crippen LogP contribution in [-0.4, -0.2) is 39.4 Å². The smallest absolute Gasteiger partial charge is 0.0916 e. The van der Waals surface area contributed by atoms with E-state index in [4.69, 9.17) is 11.6 Å². The molecule has 0 spiro atoms. The molecule has 1 aliphatic rings. The van der Waals surface area contributed by atoms with Crippen molar-refractivity contribution in [2.75, 3.05) is 19.6 Å². The van der Waals surface area contributed by atoms with Crippen molar-refractivity contribution in [2.24, 2.45) is 7.05 Å². The van der Waals surface area contributed by atoms with E-state index in [0.717, 1.165) is 31.5 Å². The molecule has 22 heavy (non-hydrogen) atoms. The third kappa shape index (κ3) is 3.51. The van der Waals surface area contributed by atoms with Crippen molar-refractivity contribution in [3.63, 3.8) is 0 Å². The van der Waals surface area contributed by atoms with Gasteiger partial charge in [-0.15, -0.1) is 0 Å². The Morgan fingerprint density at radius 2 is 1.91 bits per heavy atom. The predicted molar refractivity (Wildman–Crippen MR) is 88.0 cm³/mol. The van der Waals surface area contributed by atoms with Crippen molar-refractivity contribution < 1.29 is 5.11 Å². The van der Waals surface area contributed by atoms with E-state index >= 15 is 0 Å². The number of aromatic nitrogens is 2. The minimum atomic E-state index is -0.453. The summed E-state index contributed by atoms with van der Waals surface area (Å²) in [4.78, 5) is 2.34. The third-order valence-corrected chi connectivity index (χ3v) is 4.80. The van der Waals surface area contributed by atoms with Crippen molar-refractivity contribution in [3.8, 4) is 0 Å². The highest BCUT2D eigenvalue weighted by atomic mass is 35.5. The molecule has 0 saturated carbocycles. The first kappa shape index (κ1) is 15.5. The quantitative estimate of drug-likeness (QED) is 0.942. The van der Waals surface area contributed by atoms with Crippen molar-refractivity contribution in [1.29, 1.82) is 0 Å². The van der Waals surface area contributed by atoms with Crippen LogP contribution in [0.4, 0.5) is 0 Å². The fraction of sp³-hybridized carbons (Fsp3) is 0.471. The predicted octanol–water partition coefficient (Wildman–Crippen LogP) is 2.99. The summed E-state index contributed by atoms with van der Waals surface area (Å²) in [7, 11) is 2.01. The highest BCUT2D eigenvalue weighted by Crippen LogP contribution is 2.28. The van der Waals surface area contributed by atoms with Gasteiger partial charge in [0.2, 0.25) is 0 Å². The van der Waals surface area contributed by atoms with E-state index in [1.165, 1.54) is 5.69 Å². The molecule has 2 heterocycles. The van der Waals surface area contributed by atoms with Gasteiger partial charge >= 0.3 is 0 Å². The minimum Gasteiger partial charge on any atom is -0.387 e. The van der Waals surface area contributed by atoms with E-state index in [-0.39, 0.29) is 0 Å². The molecule has 3 rings (SSSR count). The second-order valence-electron chi connectivity index (χ2n) is 6.02. The summed E-state index contributed by atoms with van der Waals surface area (Å²) < 4.78 is 1.98. The van der Waals surface area contributed by atoms with Crippen molar-refractivity contribution in [3.05, 3.63) is 52.8 Å². The fourth-order valence-electron chi connectivity index (χ4n) is 3.23. The first-order valence-corrected chi connectivity index (χ1v) is 8.15. The van der Waals surface area contributed by atoms with Crippen molar-refractivity contribution >= 4 is 11.6 Å². The van der Waals surface area contributed by atoms with Crippen LogP contribution in [0.2, 0.25) is 5.02 Å². The number of hydrogen-bond acceptors (Lipinski definition) is 3. The lowest BCUT2D eigenvalue weighted by atomic mass is 9.93. The van der Waals surface area contributed by atoms with Gasteiger partial charge in [-0.25, -0.2) is 0 Å². The summed E-state index contributed by atoms with van der Waals surface area (Å²) in [5.41, 5.74) is 2.25. The van der Waals surface area contributed by atoms with Gasteiger partial charge in [-0.2, -0.15) is 5.10 Å². The van der Waals surface area contributed by atoms with Crippen LogP contribution >= 0.6 is 11.6 Å². The van der Waals surface area contributed by atoms with Gasteiger partial charge in [0.05, 0.1) is 6.10 Å². The Balaban J connectivity index is 1.53. The van der Waals surface area contributed by atoms with Gasteiger partial charge in [0.1, 0.15) is 0 Å². The number of rotatable bonds is 4. The molecule has 1 aromatic heterocycles. The topological polar surface area (TPSA) is 41.3 Å². The number of nitrogens with zero attached hydrogens (tertiary/aromatic N) is 3. The zero-order valence-electron chi connectivity index (χ0n) is 12.8. The molecular weight excluding hydrogens is 298 g/mol. The first-order chi connectivity index (χ1) is 10.6. The average molecular weight is 320 g/mol. The summed E-state index contributed by atoms with van der Waals surface area (Å²) in [6.45, 7) is 2.71. The van der Waals surface area contributed by atoms with Crippen LogP contribution in [0.1, 0.15) is 36.1 Å². The number of hydrogen-bond donors (Lipinski definition) is 1. The molecule has 0 aliphatic carbocycles. The molecule has 5 heteroatoms. The van der Waals surface area contributed by atoms with Gasteiger partial charge in [0.25, 0.3) is 0 Å². The van der Waals surface area contributed by atoms with Gasteiger partial charge in [0, 0.05) is 36.4 Å². The zero-order valence-corrected chi connectivity index (χ0v) is 13.6. The number of aliphatic hydroxyl groups excluding tert-OH is 1. The van der Waals surface area contributed by atoms with Gasteiger partial charge in [-0.3, -0.25) is 4.68 Å². The molecule has 0 radical (unpaired) electrons. The highest BCUT2D eigenvalue weighted by Gasteiger charge is 2.24. The lowest BCUT2D eigenvalue weighted by molar-refractivity contribution is 0.0966. The highest BCUT2D eigenvalue weighted by molar-refractivity contribution is 6.30. The Kier molecular flexibility index (Phi) is 4.81. The number of halogens is 1. The molecule has 1 unspecified atom stereocenters. The van der Waals surface area contributed by atoms with Crippen LogP contribution in [0.3, 0.4) is 0 Å². The Hall–Kier alpha value is -1.36. The minimum absolute atomic E-state index is 0.453. The molecule has 1 aromatic carbocycles. The molecule has 1 N–H and O–H groups in total. The Morgan fingerprint density at radius 3 is 2.50 bits per heavy atom. The normalized spacial score (nSPS) is 18.5. The van der Waals surface area contributed by atoms with Gasteiger partial charge < -0.3 is 10.0 Å². The monoisotopic (exact) mass is 319 g/mol. The third-order valence-electron chi connectivity index (χ3n) is 4.55. The number of likely N-dealkylation sites (tertiary alicyclic amines) is 1. The van der Waals surface area contributed by atoms with E-state index in [1.54, 1.807) is 0 Å². The lowest BCUT2D eigenvalue weighted by Crippen LogP contribution is -2.36. The van der Waals surface area contributed by atoms with Crippen LogP contribution < -0.4 is 0 Å². The van der Waals surface area contributed by atoms with E-state index in [2.05, 4.69) is 16.1 Å². The Bertz CT molecular complexity index is 603. The molecule has 1 aliphatic heterocycles. The molecule has 0 amide bonds. The van der Waals surface area contributed by atoms with Crippen LogP contribution in [-0.2, 0) is 7.05 Å². The summed E-state index contributed by atoms with van der Waals surface area (Å²) in [6, 6.07) is 9.57. The maximum atomic E-state index is 10.4. The van der Waals surface area contributed by atoms with Gasteiger partial charge in [-0.1, -0.05) is 23.7 Å². The first-order valence-electron chi connectivity index (χ1n) is 7.77. The summed E-state index contributed by atoms with van der Waals surface area (Å²) in [5.74, 6) is 0.580. The maximum absolute atomic E-state index is 10.4. The number of aryl methyl sites for hydroxylation is 1. The van der Waals surface area contributed by atoms with Crippen molar-refractivity contribution in [2.45, 2.75) is 24.9 Å². The van der Waals surface area contributed by atoms with E-state index < -0.39 is 6.10 Å². The molecule has 1 saturated heterocycles. The molecule has 1 atom stereocenters. The Morgan fingerprint density at radius 1 is 1.23 bits per heavy atom. The van der Waals surface area contributed by atoms with Gasteiger partial charge in [-0.05, 0) is 49.7 Å². The van der Waals surface area contributed by atoms with E-state index in [9.17, 15) is 5.11 Å². The summed E-state index contributed by atoms with van der Waals surface area (Å²) in [6.07, 6.45) is 3.65. The summed E-state index contributed by atoms with van der Waals surface area (Å²) >= 11 is 5.89. The molecule has 1 fully saturated rings. The van der Waals surface area contributed by atoms with Gasteiger partial charge in [0.15, 0.2) is 0 Å². The SMILES string of the molecule is Cn1nccc1C1CCN(CC(O)c2ccc(Cl)cc2)CC1. The van der Waals surface area contributed by atoms with Crippen LogP contribution in [0.25, 0.3) is 0 Å². The van der Waals surface area contributed by atoms with Crippen molar-refractivity contribution in [1.82, 2.24) is 14.7 Å². The van der Waals surface area contributed by atoms with Crippen LogP contribution in [0.15, 0.2) is 36.5 Å². The van der Waals surface area contributed by atoms with Crippen LogP contribution in [0, 0.1) is 0 Å². The maximum Gasteiger partial charge on any atom is 0.0916 e. The molecule has 2 aromatic rings. The van der Waals surface area contributed by atoms with E-state index in [0.29, 0.717) is 17.5 Å². The lowest BCUT2D eigenvalue weighted by Gasteiger charge is -2.33. The molecule has 0 bridgehead atoms. The van der Waals surface area contributed by atoms with Crippen LogP contribution in [0.5, 0.6) is 0 Å². The fourth-order valence-corrected chi connectivity index (χ4v) is 3.36. The standard InChI is InChI=1S/C17H22ClN3O/c1-20-16(6-9-19-20)13-7-10-21(11-8-13)12-17(22)14-2-4-15(18)5-3-14/h2-6,9,13,17,22H,7-8,10-12H2,1H3. The number of β-amino-alcohol motifs (C(OH)–C–C–N with tert-alkyl or cyclic N) is 1. The average Bonchev–Trinajstić information content (AvgIpc) is 2.95.